The van der Waals surface area contributed by atoms with E-state index >= 15 is 0 Å². The fourth-order valence-corrected chi connectivity index (χ4v) is 2.88. The molecule has 0 aliphatic rings. The van der Waals surface area contributed by atoms with Crippen LogP contribution in [0.25, 0.3) is 0 Å². The van der Waals surface area contributed by atoms with Crippen LogP contribution < -0.4 is 0 Å². The van der Waals surface area contributed by atoms with Crippen LogP contribution in [-0.4, -0.2) is 23.5 Å². The summed E-state index contributed by atoms with van der Waals surface area (Å²) in [6.07, 6.45) is 2.12. The van der Waals surface area contributed by atoms with Crippen molar-refractivity contribution in [1.82, 2.24) is 0 Å². The predicted molar refractivity (Wildman–Crippen MR) is 105 cm³/mol. The number of carbonyl (C=O) groups excluding carboxylic acids is 2. The highest BCUT2D eigenvalue weighted by molar-refractivity contribution is 5.70. The van der Waals surface area contributed by atoms with Crippen molar-refractivity contribution in [3.05, 3.63) is 28.8 Å². The Hall–Kier alpha value is -1.84. The van der Waals surface area contributed by atoms with Gasteiger partial charge >= 0.3 is 5.97 Å². The second-order valence-electron chi connectivity index (χ2n) is 8.96. The van der Waals surface area contributed by atoms with Gasteiger partial charge in [0, 0.05) is 12.8 Å². The zero-order valence-corrected chi connectivity index (χ0v) is 17.3. The molecule has 1 atom stereocenters. The monoisotopic (exact) mass is 362 g/mol. The average Bonchev–Trinajstić information content (AvgIpc) is 2.51. The fraction of sp³-hybridized carbons (Fsp3) is 0.636. The van der Waals surface area contributed by atoms with Crippen LogP contribution in [0.15, 0.2) is 12.1 Å². The normalized spacial score (nSPS) is 13.3. The summed E-state index contributed by atoms with van der Waals surface area (Å²) < 4.78 is 5.36. The summed E-state index contributed by atoms with van der Waals surface area (Å²) in [7, 11) is 0. The van der Waals surface area contributed by atoms with Crippen molar-refractivity contribution in [3.63, 3.8) is 0 Å². The number of phenols is 1. The van der Waals surface area contributed by atoms with Gasteiger partial charge < -0.3 is 14.6 Å². The lowest BCUT2D eigenvalue weighted by atomic mass is 9.78. The van der Waals surface area contributed by atoms with Gasteiger partial charge in [0.05, 0.1) is 0 Å². The third kappa shape index (κ3) is 6.15. The van der Waals surface area contributed by atoms with Gasteiger partial charge in [-0.05, 0) is 40.4 Å². The largest absolute Gasteiger partial charge is 0.507 e. The van der Waals surface area contributed by atoms with Crippen molar-refractivity contribution >= 4 is 12.3 Å². The van der Waals surface area contributed by atoms with Gasteiger partial charge in [0.2, 0.25) is 0 Å². The number of esters is 1. The first-order valence-electron chi connectivity index (χ1n) is 9.40. The summed E-state index contributed by atoms with van der Waals surface area (Å²) in [5, 5.41) is 10.7. The minimum Gasteiger partial charge on any atom is -0.507 e. The molecule has 1 aromatic carbocycles. The minimum atomic E-state index is -0.338. The maximum atomic E-state index is 12.1. The maximum absolute atomic E-state index is 12.1. The molecule has 1 aromatic rings. The molecule has 0 saturated carbocycles. The second kappa shape index (κ2) is 8.70. The molecule has 1 rings (SSSR count). The Kier molecular flexibility index (Phi) is 7.43. The van der Waals surface area contributed by atoms with Gasteiger partial charge in [-0.25, -0.2) is 0 Å². The smallest absolute Gasteiger partial charge is 0.306 e. The van der Waals surface area contributed by atoms with E-state index in [1.165, 1.54) is 0 Å². The number of ether oxygens (including phenoxy) is 1. The molecule has 0 aromatic heterocycles. The summed E-state index contributed by atoms with van der Waals surface area (Å²) in [4.78, 5) is 22.7. The molecule has 26 heavy (non-hydrogen) atoms. The Morgan fingerprint density at radius 1 is 1.12 bits per heavy atom. The summed E-state index contributed by atoms with van der Waals surface area (Å²) in [6, 6.07) is 3.97. The third-order valence-electron chi connectivity index (χ3n) is 4.52. The van der Waals surface area contributed by atoms with E-state index in [4.69, 9.17) is 4.74 Å². The van der Waals surface area contributed by atoms with Gasteiger partial charge in [-0.1, -0.05) is 60.6 Å². The van der Waals surface area contributed by atoms with Gasteiger partial charge in [-0.15, -0.1) is 0 Å². The van der Waals surface area contributed by atoms with Gasteiger partial charge in [0.25, 0.3) is 0 Å². The molecule has 0 fully saturated rings. The number of phenolic OH excluding ortho intramolecular Hbond substituents is 1. The number of aldehydes is 1. The maximum Gasteiger partial charge on any atom is 0.306 e. The molecule has 0 spiro atoms. The molecule has 1 N–H and O–H groups in total. The Morgan fingerprint density at radius 3 is 2.00 bits per heavy atom. The van der Waals surface area contributed by atoms with Gasteiger partial charge in [0.15, 0.2) is 0 Å². The first-order chi connectivity index (χ1) is 11.9. The van der Waals surface area contributed by atoms with Crippen LogP contribution in [-0.2, 0) is 31.6 Å². The summed E-state index contributed by atoms with van der Waals surface area (Å²) in [6.45, 7) is 14.3. The molecule has 4 heteroatoms. The van der Waals surface area contributed by atoms with E-state index < -0.39 is 0 Å². The summed E-state index contributed by atoms with van der Waals surface area (Å²) in [5.74, 6) is 0.0507. The molecule has 0 bridgehead atoms. The number of rotatable bonds is 7. The van der Waals surface area contributed by atoms with Crippen LogP contribution >= 0.6 is 0 Å². The number of hydrogen-bond acceptors (Lipinski definition) is 4. The third-order valence-corrected chi connectivity index (χ3v) is 4.52. The highest BCUT2D eigenvalue weighted by Crippen LogP contribution is 2.40. The number of carbonyl (C=O) groups is 2. The molecule has 1 unspecified atom stereocenters. The van der Waals surface area contributed by atoms with Gasteiger partial charge in [-0.2, -0.15) is 0 Å². The molecule has 0 amide bonds. The highest BCUT2D eigenvalue weighted by atomic mass is 16.5. The molecular formula is C22H34O4. The Balaban J connectivity index is 3.03. The van der Waals surface area contributed by atoms with Gasteiger partial charge in [0.1, 0.15) is 18.1 Å². The van der Waals surface area contributed by atoms with E-state index in [0.29, 0.717) is 18.6 Å². The Morgan fingerprint density at radius 2 is 1.62 bits per heavy atom. The van der Waals surface area contributed by atoms with Crippen molar-refractivity contribution in [2.24, 2.45) is 0 Å². The molecular weight excluding hydrogens is 328 g/mol. The van der Waals surface area contributed by atoms with Crippen LogP contribution in [0.4, 0.5) is 0 Å². The number of hydrogen-bond donors (Lipinski definition) is 1. The SMILES string of the molecule is CCC(CC=O)OC(=O)CCc1cc(C(C)(C)C)c(O)c(C(C)(C)C)c1. The number of benzene rings is 1. The number of aromatic hydroxyl groups is 1. The number of aryl methyl sites for hydroxylation is 1. The van der Waals surface area contributed by atoms with Crippen molar-refractivity contribution in [2.45, 2.75) is 91.1 Å². The predicted octanol–water partition coefficient (Wildman–Crippen LogP) is 4.83. The molecule has 0 heterocycles. The molecule has 0 radical (unpaired) electrons. The lowest BCUT2D eigenvalue weighted by Gasteiger charge is -2.28. The second-order valence-corrected chi connectivity index (χ2v) is 8.96. The van der Waals surface area contributed by atoms with Crippen LogP contribution in [0.5, 0.6) is 5.75 Å². The molecule has 4 nitrogen and oxygen atoms in total. The van der Waals surface area contributed by atoms with Crippen molar-refractivity contribution in [1.29, 1.82) is 0 Å². The summed E-state index contributed by atoms with van der Waals surface area (Å²) >= 11 is 0. The standard InChI is InChI=1S/C22H34O4/c1-8-16(11-12-23)26-19(24)10-9-15-13-17(21(2,3)4)20(25)18(14-15)22(5,6)7/h12-14,16,25H,8-11H2,1-7H3. The van der Waals surface area contributed by atoms with Crippen LogP contribution in [0.2, 0.25) is 0 Å². The van der Waals surface area contributed by atoms with Crippen LogP contribution in [0, 0.1) is 0 Å². The molecule has 0 saturated heterocycles. The van der Waals surface area contributed by atoms with E-state index in [1.54, 1.807) is 0 Å². The Bertz CT molecular complexity index is 598. The van der Waals surface area contributed by atoms with Gasteiger partial charge in [-0.3, -0.25) is 4.79 Å². The Labute approximate surface area is 158 Å². The molecule has 0 aliphatic carbocycles. The van der Waals surface area contributed by atoms with Crippen molar-refractivity contribution in [3.8, 4) is 5.75 Å². The first-order valence-corrected chi connectivity index (χ1v) is 9.40. The van der Waals surface area contributed by atoms with E-state index in [-0.39, 0.29) is 35.7 Å². The van der Waals surface area contributed by atoms with Crippen LogP contribution in [0.1, 0.15) is 84.4 Å². The van der Waals surface area contributed by atoms with Crippen molar-refractivity contribution in [2.75, 3.05) is 0 Å². The van der Waals surface area contributed by atoms with E-state index in [9.17, 15) is 14.7 Å². The van der Waals surface area contributed by atoms with Crippen LogP contribution in [0.3, 0.4) is 0 Å². The minimum absolute atomic E-state index is 0.197. The van der Waals surface area contributed by atoms with E-state index in [2.05, 4.69) is 41.5 Å². The van der Waals surface area contributed by atoms with E-state index in [0.717, 1.165) is 23.0 Å². The van der Waals surface area contributed by atoms with Crippen molar-refractivity contribution < 1.29 is 19.4 Å². The zero-order chi connectivity index (χ0) is 20.1. The lowest BCUT2D eigenvalue weighted by Crippen LogP contribution is -2.19. The quantitative estimate of drug-likeness (QED) is 0.557. The summed E-state index contributed by atoms with van der Waals surface area (Å²) in [5.41, 5.74) is 2.40. The first kappa shape index (κ1) is 22.2. The average molecular weight is 363 g/mol. The highest BCUT2D eigenvalue weighted by Gasteiger charge is 2.26. The lowest BCUT2D eigenvalue weighted by molar-refractivity contribution is -0.149. The van der Waals surface area contributed by atoms with E-state index in [1.807, 2.05) is 19.1 Å². The fourth-order valence-electron chi connectivity index (χ4n) is 2.88. The zero-order valence-electron chi connectivity index (χ0n) is 17.3. The topological polar surface area (TPSA) is 63.6 Å². The molecule has 146 valence electrons. The molecule has 0 aliphatic heterocycles.